The number of carbonyl (C=O) groups excluding carboxylic acids is 1. The molecule has 4 N–H and O–H groups in total. The smallest absolute Gasteiger partial charge is 0.475 e. The zero-order valence-electron chi connectivity index (χ0n) is 18.3. The first-order chi connectivity index (χ1) is 14.1. The molecule has 1 unspecified atom stereocenters. The van der Waals surface area contributed by atoms with Crippen molar-refractivity contribution in [2.24, 2.45) is 5.92 Å². The topological polar surface area (TPSA) is 111 Å². The number of carboxylic acids is 1. The molecule has 2 aromatic rings. The quantitative estimate of drug-likeness (QED) is 0.563. The Morgan fingerprint density at radius 3 is 2.03 bits per heavy atom. The molecule has 0 bridgehead atoms. The van der Waals surface area contributed by atoms with Crippen molar-refractivity contribution in [1.82, 2.24) is 10.3 Å². The fraction of sp³-hybridized carbons (Fsp3) is 0.476. The van der Waals surface area contributed by atoms with Gasteiger partial charge in [0.15, 0.2) is 0 Å². The van der Waals surface area contributed by atoms with E-state index >= 15 is 0 Å². The summed E-state index contributed by atoms with van der Waals surface area (Å²) < 4.78 is 31.7. The van der Waals surface area contributed by atoms with Gasteiger partial charge in [0, 0.05) is 28.7 Å². The summed E-state index contributed by atoms with van der Waals surface area (Å²) in [4.78, 5) is 36.0. The number of alkyl halides is 3. The molecule has 172 valence electrons. The van der Waals surface area contributed by atoms with Crippen molar-refractivity contribution in [3.63, 3.8) is 0 Å². The minimum atomic E-state index is -5.08. The largest absolute Gasteiger partial charge is 0.490 e. The predicted octanol–water partition coefficient (Wildman–Crippen LogP) is 3.74. The number of nitrogens with one attached hydrogen (secondary N) is 3. The van der Waals surface area contributed by atoms with Gasteiger partial charge >= 0.3 is 12.1 Å². The van der Waals surface area contributed by atoms with Gasteiger partial charge in [-0.25, -0.2) is 4.79 Å². The van der Waals surface area contributed by atoms with Crippen LogP contribution < -0.4 is 16.2 Å². The number of rotatable bonds is 5. The summed E-state index contributed by atoms with van der Waals surface area (Å²) >= 11 is 0. The van der Waals surface area contributed by atoms with Crippen molar-refractivity contribution >= 4 is 28.5 Å². The summed E-state index contributed by atoms with van der Waals surface area (Å²) in [6.45, 7) is 11.9. The van der Waals surface area contributed by atoms with Gasteiger partial charge in [-0.1, -0.05) is 27.7 Å². The zero-order valence-corrected chi connectivity index (χ0v) is 18.3. The molecule has 1 amide bonds. The highest BCUT2D eigenvalue weighted by atomic mass is 19.4. The maximum absolute atomic E-state index is 12.7. The fourth-order valence-electron chi connectivity index (χ4n) is 2.86. The molecule has 1 atom stereocenters. The molecule has 2 rings (SSSR count). The SMILES string of the molecule is Cc1cc2[nH]c(=O)cc(C)c2cc1NC(=O)C(NC(C)C)C(C)C.O=C(O)C(F)(F)F. The molecule has 1 aromatic heterocycles. The Bertz CT molecular complexity index is 998. The van der Waals surface area contributed by atoms with Crippen molar-refractivity contribution in [2.75, 3.05) is 5.32 Å². The van der Waals surface area contributed by atoms with Crippen LogP contribution >= 0.6 is 0 Å². The first-order valence-corrected chi connectivity index (χ1v) is 9.64. The lowest BCUT2D eigenvalue weighted by atomic mass is 10.0. The summed E-state index contributed by atoms with van der Waals surface area (Å²) in [6.07, 6.45) is -5.08. The second-order valence-corrected chi connectivity index (χ2v) is 7.86. The van der Waals surface area contributed by atoms with E-state index in [4.69, 9.17) is 9.90 Å². The Balaban J connectivity index is 0.000000592. The van der Waals surface area contributed by atoms with Gasteiger partial charge in [0.1, 0.15) is 0 Å². The molecule has 31 heavy (non-hydrogen) atoms. The summed E-state index contributed by atoms with van der Waals surface area (Å²) in [5, 5.41) is 14.4. The number of benzene rings is 1. The molecule has 0 spiro atoms. The molecule has 0 fully saturated rings. The van der Waals surface area contributed by atoms with Crippen molar-refractivity contribution in [1.29, 1.82) is 0 Å². The molecule has 0 radical (unpaired) electrons. The minimum Gasteiger partial charge on any atom is -0.475 e. The van der Waals surface area contributed by atoms with E-state index in [1.807, 2.05) is 53.7 Å². The average molecular weight is 443 g/mol. The molecule has 0 aliphatic rings. The Labute approximate surface area is 178 Å². The maximum Gasteiger partial charge on any atom is 0.490 e. The van der Waals surface area contributed by atoms with E-state index in [1.165, 1.54) is 0 Å². The highest BCUT2D eigenvalue weighted by Crippen LogP contribution is 2.24. The normalized spacial score (nSPS) is 12.5. The molecule has 0 saturated carbocycles. The number of amides is 1. The average Bonchev–Trinajstić information content (AvgIpc) is 2.60. The Morgan fingerprint density at radius 2 is 1.58 bits per heavy atom. The molecule has 1 aromatic carbocycles. The fourth-order valence-corrected chi connectivity index (χ4v) is 2.86. The number of aliphatic carboxylic acids is 1. The van der Waals surface area contributed by atoms with Gasteiger partial charge in [-0.2, -0.15) is 13.2 Å². The number of pyridine rings is 1. The van der Waals surface area contributed by atoms with Crippen molar-refractivity contribution in [3.8, 4) is 0 Å². The molecule has 1 heterocycles. The first-order valence-electron chi connectivity index (χ1n) is 9.64. The van der Waals surface area contributed by atoms with Gasteiger partial charge in [0.05, 0.1) is 6.04 Å². The third-order valence-electron chi connectivity index (χ3n) is 4.36. The summed E-state index contributed by atoms with van der Waals surface area (Å²) in [5.41, 5.74) is 3.27. The van der Waals surface area contributed by atoms with Crippen LogP contribution in [0.25, 0.3) is 10.9 Å². The molecule has 10 heteroatoms. The lowest BCUT2D eigenvalue weighted by Crippen LogP contribution is -2.47. The highest BCUT2D eigenvalue weighted by Gasteiger charge is 2.38. The van der Waals surface area contributed by atoms with Gasteiger partial charge in [-0.3, -0.25) is 9.59 Å². The predicted molar refractivity (Wildman–Crippen MR) is 113 cm³/mol. The lowest BCUT2D eigenvalue weighted by Gasteiger charge is -2.24. The molecule has 0 aliphatic heterocycles. The highest BCUT2D eigenvalue weighted by molar-refractivity contribution is 5.98. The summed E-state index contributed by atoms with van der Waals surface area (Å²) in [7, 11) is 0. The van der Waals surface area contributed by atoms with Gasteiger partial charge in [0.2, 0.25) is 11.5 Å². The van der Waals surface area contributed by atoms with Crippen LogP contribution in [0.5, 0.6) is 0 Å². The Morgan fingerprint density at radius 1 is 1.03 bits per heavy atom. The molecular formula is C21H28F3N3O4. The van der Waals surface area contributed by atoms with E-state index in [2.05, 4.69) is 15.6 Å². The van der Waals surface area contributed by atoms with E-state index in [1.54, 1.807) is 6.07 Å². The van der Waals surface area contributed by atoms with E-state index in [-0.39, 0.29) is 29.5 Å². The monoisotopic (exact) mass is 443 g/mol. The van der Waals surface area contributed by atoms with E-state index in [0.29, 0.717) is 0 Å². The number of fused-ring (bicyclic) bond motifs is 1. The van der Waals surface area contributed by atoms with Crippen LogP contribution in [-0.2, 0) is 9.59 Å². The van der Waals surface area contributed by atoms with Crippen LogP contribution in [0.2, 0.25) is 0 Å². The number of H-pyrrole nitrogens is 1. The van der Waals surface area contributed by atoms with Crippen LogP contribution in [0, 0.1) is 19.8 Å². The number of carbonyl (C=O) groups is 2. The van der Waals surface area contributed by atoms with Gasteiger partial charge in [-0.15, -0.1) is 0 Å². The zero-order chi connectivity index (χ0) is 24.1. The molecule has 0 saturated heterocycles. The van der Waals surface area contributed by atoms with Gasteiger partial charge < -0.3 is 20.7 Å². The third-order valence-corrected chi connectivity index (χ3v) is 4.36. The number of aryl methyl sites for hydroxylation is 2. The number of carboxylic acid groups (broad SMARTS) is 1. The number of hydrogen-bond acceptors (Lipinski definition) is 4. The molecule has 7 nitrogen and oxygen atoms in total. The van der Waals surface area contributed by atoms with Gasteiger partial charge in [-0.05, 0) is 43.0 Å². The van der Waals surface area contributed by atoms with Crippen LogP contribution in [0.4, 0.5) is 18.9 Å². The second kappa shape index (κ2) is 10.4. The number of aromatic nitrogens is 1. The number of aromatic amines is 1. The van der Waals surface area contributed by atoms with E-state index in [0.717, 1.165) is 27.7 Å². The third kappa shape index (κ3) is 7.71. The first kappa shape index (κ1) is 26.2. The maximum atomic E-state index is 12.7. The van der Waals surface area contributed by atoms with Crippen LogP contribution in [-0.4, -0.2) is 40.2 Å². The van der Waals surface area contributed by atoms with Gasteiger partial charge in [0.25, 0.3) is 0 Å². The van der Waals surface area contributed by atoms with Crippen molar-refractivity contribution in [3.05, 3.63) is 39.7 Å². The standard InChI is InChI=1S/C19H27N3O2.C2HF3O2/c1-10(2)18(20-11(3)4)19(24)22-15-9-14-12(5)8-17(23)21-16(14)7-13(15)6;3-2(4,5)1(6)7/h7-11,18,20H,1-6H3,(H,21,23)(H,22,24);(H,6,7). The lowest BCUT2D eigenvalue weighted by molar-refractivity contribution is -0.192. The summed E-state index contributed by atoms with van der Waals surface area (Å²) in [5.74, 6) is -2.61. The van der Waals surface area contributed by atoms with Crippen molar-refractivity contribution < 1.29 is 27.9 Å². The summed E-state index contributed by atoms with van der Waals surface area (Å²) in [6, 6.07) is 5.38. The van der Waals surface area contributed by atoms with Crippen LogP contribution in [0.15, 0.2) is 23.0 Å². The number of hydrogen-bond donors (Lipinski definition) is 4. The molecular weight excluding hydrogens is 415 g/mol. The van der Waals surface area contributed by atoms with E-state index in [9.17, 15) is 22.8 Å². The van der Waals surface area contributed by atoms with E-state index < -0.39 is 12.1 Å². The van der Waals surface area contributed by atoms with Crippen molar-refractivity contribution in [2.45, 2.75) is 59.8 Å². The number of anilines is 1. The Kier molecular flexibility index (Phi) is 8.80. The second-order valence-electron chi connectivity index (χ2n) is 7.86. The minimum absolute atomic E-state index is 0.0387. The number of halogens is 3. The van der Waals surface area contributed by atoms with Crippen LogP contribution in [0.1, 0.15) is 38.8 Å². The Hall–Kier alpha value is -2.88. The molecule has 0 aliphatic carbocycles. The van der Waals surface area contributed by atoms with Crippen LogP contribution in [0.3, 0.4) is 0 Å².